The molecule has 5 heteroatoms. The summed E-state index contributed by atoms with van der Waals surface area (Å²) in [6.45, 7) is 0. The maximum Gasteiger partial charge on any atom is 0.256 e. The molecule has 1 atom stereocenters. The lowest BCUT2D eigenvalue weighted by Gasteiger charge is -2.14. The summed E-state index contributed by atoms with van der Waals surface area (Å²) in [6, 6.07) is 15.0. The molecule has 0 aliphatic rings. The number of carbonyl (C=O) groups excluding carboxylic acids is 1. The van der Waals surface area contributed by atoms with Crippen molar-refractivity contribution in [2.45, 2.75) is 6.04 Å². The first-order valence-corrected chi connectivity index (χ1v) is 6.63. The molecule has 0 aliphatic heterocycles. The van der Waals surface area contributed by atoms with Crippen molar-refractivity contribution in [3.8, 4) is 11.8 Å². The molecule has 0 heterocycles. The highest BCUT2D eigenvalue weighted by Gasteiger charge is 2.19. The molecule has 2 aromatic carbocycles. The van der Waals surface area contributed by atoms with Crippen LogP contribution in [0.5, 0.6) is 5.75 Å². The third-order valence-electron chi connectivity index (χ3n) is 2.97. The number of carbonyl (C=O) groups is 1. The summed E-state index contributed by atoms with van der Waals surface area (Å²) in [7, 11) is 1.49. The lowest BCUT2D eigenvalue weighted by molar-refractivity contribution is 0.0942. The van der Waals surface area contributed by atoms with Crippen LogP contribution in [0.15, 0.2) is 48.5 Å². The first-order valence-electron chi connectivity index (χ1n) is 6.25. The van der Waals surface area contributed by atoms with Crippen LogP contribution in [-0.4, -0.2) is 13.0 Å². The van der Waals surface area contributed by atoms with Crippen LogP contribution in [0, 0.1) is 11.3 Å². The van der Waals surface area contributed by atoms with Crippen molar-refractivity contribution in [1.82, 2.24) is 5.32 Å². The standard InChI is InChI=1S/C16H13ClN2O2/c1-21-15-9-5-3-7-12(15)16(20)19-14(10-18)11-6-2-4-8-13(11)17/h2-9,14H,1H3,(H,19,20)/t14-/m1/s1. The molecule has 0 spiro atoms. The highest BCUT2D eigenvalue weighted by atomic mass is 35.5. The lowest BCUT2D eigenvalue weighted by Crippen LogP contribution is -2.28. The molecule has 0 unspecified atom stereocenters. The molecule has 0 radical (unpaired) electrons. The molecule has 1 N–H and O–H groups in total. The van der Waals surface area contributed by atoms with Gasteiger partial charge in [0.1, 0.15) is 11.8 Å². The number of ether oxygens (including phenoxy) is 1. The largest absolute Gasteiger partial charge is 0.496 e. The van der Waals surface area contributed by atoms with E-state index < -0.39 is 6.04 Å². The number of hydrogen-bond acceptors (Lipinski definition) is 3. The zero-order chi connectivity index (χ0) is 15.2. The topological polar surface area (TPSA) is 62.1 Å². The predicted molar refractivity (Wildman–Crippen MR) is 80.3 cm³/mol. The molecule has 21 heavy (non-hydrogen) atoms. The van der Waals surface area contributed by atoms with Gasteiger partial charge in [0.25, 0.3) is 5.91 Å². The Kier molecular flexibility index (Phi) is 4.81. The van der Waals surface area contributed by atoms with Gasteiger partial charge in [0, 0.05) is 10.6 Å². The zero-order valence-electron chi connectivity index (χ0n) is 11.3. The van der Waals surface area contributed by atoms with E-state index in [-0.39, 0.29) is 5.91 Å². The minimum Gasteiger partial charge on any atom is -0.496 e. The van der Waals surface area contributed by atoms with Crippen LogP contribution < -0.4 is 10.1 Å². The Hall–Kier alpha value is -2.51. The van der Waals surface area contributed by atoms with E-state index in [1.54, 1.807) is 48.5 Å². The smallest absolute Gasteiger partial charge is 0.256 e. The molecule has 1 amide bonds. The molecule has 2 rings (SSSR count). The van der Waals surface area contributed by atoms with E-state index in [0.29, 0.717) is 21.9 Å². The Morgan fingerprint density at radius 3 is 2.57 bits per heavy atom. The molecule has 2 aromatic rings. The molecule has 0 bridgehead atoms. The number of nitrogens with zero attached hydrogens (tertiary/aromatic N) is 1. The Morgan fingerprint density at radius 2 is 1.90 bits per heavy atom. The Morgan fingerprint density at radius 1 is 1.24 bits per heavy atom. The van der Waals surface area contributed by atoms with Crippen LogP contribution >= 0.6 is 11.6 Å². The molecule has 4 nitrogen and oxygen atoms in total. The van der Waals surface area contributed by atoms with Crippen LogP contribution in [0.1, 0.15) is 22.0 Å². The van der Waals surface area contributed by atoms with Crippen molar-refractivity contribution >= 4 is 17.5 Å². The van der Waals surface area contributed by atoms with Crippen molar-refractivity contribution in [2.24, 2.45) is 0 Å². The quantitative estimate of drug-likeness (QED) is 0.942. The second kappa shape index (κ2) is 6.78. The minimum atomic E-state index is -0.823. The molecule has 0 aliphatic carbocycles. The highest BCUT2D eigenvalue weighted by Crippen LogP contribution is 2.23. The lowest BCUT2D eigenvalue weighted by atomic mass is 10.1. The Balaban J connectivity index is 2.26. The molecule has 0 fully saturated rings. The number of nitriles is 1. The van der Waals surface area contributed by atoms with Gasteiger partial charge in [-0.1, -0.05) is 41.9 Å². The summed E-state index contributed by atoms with van der Waals surface area (Å²) < 4.78 is 5.14. The van der Waals surface area contributed by atoms with E-state index in [9.17, 15) is 10.1 Å². The first kappa shape index (κ1) is 14.9. The number of para-hydroxylation sites is 1. The average molecular weight is 301 g/mol. The van der Waals surface area contributed by atoms with Crippen LogP contribution in [-0.2, 0) is 0 Å². The van der Waals surface area contributed by atoms with Crippen LogP contribution in [0.3, 0.4) is 0 Å². The van der Waals surface area contributed by atoms with Crippen LogP contribution in [0.2, 0.25) is 5.02 Å². The van der Waals surface area contributed by atoms with E-state index >= 15 is 0 Å². The van der Waals surface area contributed by atoms with Crippen molar-refractivity contribution in [2.75, 3.05) is 7.11 Å². The first-order chi connectivity index (χ1) is 10.2. The maximum absolute atomic E-state index is 12.3. The SMILES string of the molecule is COc1ccccc1C(=O)N[C@H](C#N)c1ccccc1Cl. The van der Waals surface area contributed by atoms with Crippen molar-refractivity contribution in [3.05, 3.63) is 64.7 Å². The summed E-state index contributed by atoms with van der Waals surface area (Å²) in [4.78, 5) is 12.3. The van der Waals surface area contributed by atoms with E-state index in [0.717, 1.165) is 0 Å². The van der Waals surface area contributed by atoms with Gasteiger partial charge in [0.15, 0.2) is 0 Å². The number of hydrogen-bond donors (Lipinski definition) is 1. The third-order valence-corrected chi connectivity index (χ3v) is 3.32. The van der Waals surface area contributed by atoms with Gasteiger partial charge in [0.2, 0.25) is 0 Å². The molecule has 0 saturated carbocycles. The van der Waals surface area contributed by atoms with Gasteiger partial charge in [-0.3, -0.25) is 4.79 Å². The zero-order valence-corrected chi connectivity index (χ0v) is 12.1. The summed E-state index contributed by atoms with van der Waals surface area (Å²) in [5, 5.41) is 12.4. The Labute approximate surface area is 127 Å². The fraction of sp³-hybridized carbons (Fsp3) is 0.125. The van der Waals surface area contributed by atoms with Gasteiger partial charge >= 0.3 is 0 Å². The fourth-order valence-corrected chi connectivity index (χ4v) is 2.17. The fourth-order valence-electron chi connectivity index (χ4n) is 1.93. The van der Waals surface area contributed by atoms with Gasteiger partial charge in [-0.05, 0) is 18.2 Å². The summed E-state index contributed by atoms with van der Waals surface area (Å²) in [5.74, 6) is 0.0600. The van der Waals surface area contributed by atoms with E-state index in [2.05, 4.69) is 5.32 Å². The number of nitrogens with one attached hydrogen (secondary N) is 1. The molecular formula is C16H13ClN2O2. The van der Waals surface area contributed by atoms with E-state index in [1.165, 1.54) is 7.11 Å². The van der Waals surface area contributed by atoms with Crippen LogP contribution in [0.4, 0.5) is 0 Å². The predicted octanol–water partition coefficient (Wildman–Crippen LogP) is 3.34. The normalized spacial score (nSPS) is 11.3. The molecule has 0 aromatic heterocycles. The maximum atomic E-state index is 12.3. The number of rotatable bonds is 4. The van der Waals surface area contributed by atoms with Gasteiger partial charge < -0.3 is 10.1 Å². The number of benzene rings is 2. The molecular weight excluding hydrogens is 288 g/mol. The third kappa shape index (κ3) is 3.33. The van der Waals surface area contributed by atoms with Gasteiger partial charge in [-0.15, -0.1) is 0 Å². The Bertz CT molecular complexity index is 695. The molecule has 106 valence electrons. The number of methoxy groups -OCH3 is 1. The van der Waals surface area contributed by atoms with Gasteiger partial charge in [-0.2, -0.15) is 5.26 Å². The molecule has 0 saturated heterocycles. The van der Waals surface area contributed by atoms with E-state index in [1.807, 2.05) is 6.07 Å². The summed E-state index contributed by atoms with van der Waals surface area (Å²) >= 11 is 6.06. The van der Waals surface area contributed by atoms with Crippen LogP contribution in [0.25, 0.3) is 0 Å². The van der Waals surface area contributed by atoms with E-state index in [4.69, 9.17) is 16.3 Å². The second-order valence-corrected chi connectivity index (χ2v) is 4.66. The highest BCUT2D eigenvalue weighted by molar-refractivity contribution is 6.31. The van der Waals surface area contributed by atoms with Crippen molar-refractivity contribution in [3.63, 3.8) is 0 Å². The summed E-state index contributed by atoms with van der Waals surface area (Å²) in [5.41, 5.74) is 0.928. The van der Waals surface area contributed by atoms with Crippen molar-refractivity contribution in [1.29, 1.82) is 5.26 Å². The minimum absolute atomic E-state index is 0.368. The second-order valence-electron chi connectivity index (χ2n) is 4.26. The van der Waals surface area contributed by atoms with Gasteiger partial charge in [-0.25, -0.2) is 0 Å². The number of halogens is 1. The van der Waals surface area contributed by atoms with Crippen molar-refractivity contribution < 1.29 is 9.53 Å². The number of amides is 1. The average Bonchev–Trinajstić information content (AvgIpc) is 2.53. The van der Waals surface area contributed by atoms with Gasteiger partial charge in [0.05, 0.1) is 18.7 Å². The summed E-state index contributed by atoms with van der Waals surface area (Å²) in [6.07, 6.45) is 0. The monoisotopic (exact) mass is 300 g/mol.